The second kappa shape index (κ2) is 7.09. The third kappa shape index (κ3) is 3.14. The number of hydrogen-bond donors (Lipinski definition) is 1. The van der Waals surface area contributed by atoms with Gasteiger partial charge in [0, 0.05) is 28.9 Å². The number of aromatic nitrogens is 2. The molecular formula is C20H16ClFN4O2. The minimum atomic E-state index is -0.837. The Kier molecular flexibility index (Phi) is 4.60. The van der Waals surface area contributed by atoms with Crippen molar-refractivity contribution in [1.82, 2.24) is 14.5 Å². The van der Waals surface area contributed by atoms with Crippen LogP contribution in [0, 0.1) is 5.82 Å². The molecule has 1 N–H and O–H groups in total. The lowest BCUT2D eigenvalue weighted by molar-refractivity contribution is -0.117. The van der Waals surface area contributed by atoms with Gasteiger partial charge in [0.05, 0.1) is 18.6 Å². The number of carbonyl (C=O) groups is 2. The smallest absolute Gasteiger partial charge is 0.273 e. The summed E-state index contributed by atoms with van der Waals surface area (Å²) in [6, 6.07) is 10.3. The molecular weight excluding hydrogens is 383 g/mol. The maximum atomic E-state index is 14.8. The van der Waals surface area contributed by atoms with E-state index < -0.39 is 17.8 Å². The molecule has 0 aliphatic carbocycles. The van der Waals surface area contributed by atoms with Crippen LogP contribution in [0.5, 0.6) is 0 Å². The average Bonchev–Trinajstić information content (AvgIpc) is 3.03. The van der Waals surface area contributed by atoms with E-state index in [-0.39, 0.29) is 18.0 Å². The van der Waals surface area contributed by atoms with Crippen LogP contribution in [0.4, 0.5) is 10.1 Å². The molecule has 28 heavy (non-hydrogen) atoms. The minimum Gasteiger partial charge on any atom is -0.330 e. The van der Waals surface area contributed by atoms with Crippen LogP contribution in [0.1, 0.15) is 27.7 Å². The molecule has 0 spiro atoms. The third-order valence-corrected chi connectivity index (χ3v) is 4.94. The highest BCUT2D eigenvalue weighted by Gasteiger charge is 2.36. The third-order valence-electron chi connectivity index (χ3n) is 4.70. The summed E-state index contributed by atoms with van der Waals surface area (Å²) in [4.78, 5) is 31.1. The Morgan fingerprint density at radius 2 is 2.04 bits per heavy atom. The maximum absolute atomic E-state index is 14.8. The Balaban J connectivity index is 1.94. The van der Waals surface area contributed by atoms with E-state index in [1.165, 1.54) is 23.5 Å². The van der Waals surface area contributed by atoms with Gasteiger partial charge in [-0.3, -0.25) is 9.59 Å². The first-order valence-corrected chi connectivity index (χ1v) is 8.94. The lowest BCUT2D eigenvalue weighted by Gasteiger charge is -2.30. The van der Waals surface area contributed by atoms with Crippen molar-refractivity contribution in [3.8, 4) is 0 Å². The molecule has 0 fully saturated rings. The molecule has 0 bridgehead atoms. The Morgan fingerprint density at radius 3 is 2.75 bits per heavy atom. The van der Waals surface area contributed by atoms with Gasteiger partial charge >= 0.3 is 0 Å². The van der Waals surface area contributed by atoms with Crippen molar-refractivity contribution in [3.63, 3.8) is 0 Å². The van der Waals surface area contributed by atoms with Crippen LogP contribution in [0.3, 0.4) is 0 Å². The quantitative estimate of drug-likeness (QED) is 0.719. The maximum Gasteiger partial charge on any atom is 0.273 e. The fraction of sp³-hybridized carbons (Fsp3) is 0.150. The number of aryl methyl sites for hydroxylation is 1. The van der Waals surface area contributed by atoms with Crippen molar-refractivity contribution in [3.05, 3.63) is 82.6 Å². The number of imidazole rings is 1. The Bertz CT molecular complexity index is 1080. The lowest BCUT2D eigenvalue weighted by atomic mass is 9.95. The van der Waals surface area contributed by atoms with Gasteiger partial charge < -0.3 is 14.8 Å². The molecule has 2 heterocycles. The van der Waals surface area contributed by atoms with Crippen molar-refractivity contribution in [2.24, 2.45) is 7.05 Å². The summed E-state index contributed by atoms with van der Waals surface area (Å²) in [5, 5.41) is 3.20. The number of nitrogens with one attached hydrogen (secondary N) is 1. The van der Waals surface area contributed by atoms with E-state index in [1.807, 2.05) is 0 Å². The summed E-state index contributed by atoms with van der Waals surface area (Å²) in [7, 11) is 1.68. The molecule has 8 heteroatoms. The Hall–Kier alpha value is -3.19. The summed E-state index contributed by atoms with van der Waals surface area (Å²) >= 11 is 6.19. The first kappa shape index (κ1) is 18.2. The van der Waals surface area contributed by atoms with Gasteiger partial charge in [-0.05, 0) is 24.3 Å². The van der Waals surface area contributed by atoms with Crippen LogP contribution in [0.25, 0.3) is 0 Å². The number of halogens is 2. The summed E-state index contributed by atoms with van der Waals surface area (Å²) in [6.45, 7) is -0.241. The summed E-state index contributed by atoms with van der Waals surface area (Å²) in [5.74, 6) is -1.29. The molecule has 2 aromatic carbocycles. The zero-order chi connectivity index (χ0) is 19.8. The van der Waals surface area contributed by atoms with E-state index in [9.17, 15) is 14.0 Å². The van der Waals surface area contributed by atoms with Gasteiger partial charge in [0.25, 0.3) is 5.91 Å². The van der Waals surface area contributed by atoms with E-state index in [1.54, 1.807) is 48.0 Å². The first-order valence-electron chi connectivity index (χ1n) is 8.56. The molecule has 1 atom stereocenters. The van der Waals surface area contributed by atoms with Crippen molar-refractivity contribution in [2.75, 3.05) is 11.9 Å². The molecule has 0 radical (unpaired) electrons. The van der Waals surface area contributed by atoms with E-state index >= 15 is 0 Å². The number of anilines is 1. The first-order chi connectivity index (χ1) is 13.5. The molecule has 1 aromatic heterocycles. The fourth-order valence-corrected chi connectivity index (χ4v) is 3.59. The van der Waals surface area contributed by atoms with Crippen molar-refractivity contribution in [1.29, 1.82) is 0 Å². The second-order valence-corrected chi connectivity index (χ2v) is 6.96. The van der Waals surface area contributed by atoms with Gasteiger partial charge in [0.2, 0.25) is 5.91 Å². The predicted octanol–water partition coefficient (Wildman–Crippen LogP) is 3.40. The molecule has 0 saturated carbocycles. The van der Waals surface area contributed by atoms with Crippen molar-refractivity contribution >= 4 is 29.1 Å². The summed E-state index contributed by atoms with van der Waals surface area (Å²) < 4.78 is 16.3. The van der Waals surface area contributed by atoms with Crippen LogP contribution in [0.15, 0.2) is 55.0 Å². The van der Waals surface area contributed by atoms with Gasteiger partial charge in [-0.1, -0.05) is 29.8 Å². The van der Waals surface area contributed by atoms with E-state index in [0.717, 1.165) is 0 Å². The number of benzene rings is 2. The van der Waals surface area contributed by atoms with Gasteiger partial charge in [0.1, 0.15) is 18.1 Å². The molecule has 1 unspecified atom stereocenters. The number of fused-ring (bicyclic) bond motifs is 1. The van der Waals surface area contributed by atoms with Crippen molar-refractivity contribution in [2.45, 2.75) is 6.04 Å². The topological polar surface area (TPSA) is 67.2 Å². The molecule has 1 aliphatic heterocycles. The molecule has 2 amide bonds. The number of nitrogens with zero attached hydrogens (tertiary/aromatic N) is 3. The number of hydrogen-bond acceptors (Lipinski definition) is 3. The largest absolute Gasteiger partial charge is 0.330 e. The zero-order valence-corrected chi connectivity index (χ0v) is 15.7. The second-order valence-electron chi connectivity index (χ2n) is 6.53. The predicted molar refractivity (Wildman–Crippen MR) is 103 cm³/mol. The molecule has 142 valence electrons. The minimum absolute atomic E-state index is 0.241. The highest BCUT2D eigenvalue weighted by atomic mass is 35.5. The van der Waals surface area contributed by atoms with E-state index in [4.69, 9.17) is 11.6 Å². The van der Waals surface area contributed by atoms with Gasteiger partial charge in [-0.15, -0.1) is 0 Å². The van der Waals surface area contributed by atoms with Crippen LogP contribution >= 0.6 is 11.6 Å². The lowest BCUT2D eigenvalue weighted by Crippen LogP contribution is -2.40. The van der Waals surface area contributed by atoms with Crippen molar-refractivity contribution < 1.29 is 14.0 Å². The highest BCUT2D eigenvalue weighted by Crippen LogP contribution is 2.38. The van der Waals surface area contributed by atoms with E-state index in [0.29, 0.717) is 22.0 Å². The number of rotatable bonds is 2. The van der Waals surface area contributed by atoms with Gasteiger partial charge in [-0.25, -0.2) is 9.37 Å². The van der Waals surface area contributed by atoms with Gasteiger partial charge in [0.15, 0.2) is 0 Å². The molecule has 1 aliphatic rings. The zero-order valence-electron chi connectivity index (χ0n) is 14.9. The van der Waals surface area contributed by atoms with Crippen LogP contribution in [-0.2, 0) is 11.8 Å². The van der Waals surface area contributed by atoms with Crippen LogP contribution in [0.2, 0.25) is 5.02 Å². The fourth-order valence-electron chi connectivity index (χ4n) is 3.41. The average molecular weight is 399 g/mol. The molecule has 6 nitrogen and oxygen atoms in total. The number of amides is 2. The monoisotopic (exact) mass is 398 g/mol. The Morgan fingerprint density at radius 1 is 1.25 bits per heavy atom. The highest BCUT2D eigenvalue weighted by molar-refractivity contribution is 6.30. The van der Waals surface area contributed by atoms with Crippen LogP contribution in [-0.4, -0.2) is 32.8 Å². The van der Waals surface area contributed by atoms with Crippen LogP contribution < -0.4 is 5.32 Å². The number of carbonyl (C=O) groups excluding carboxylic acids is 2. The standard InChI is InChI=1S/C20H16ClFN4O2/c1-25-11-23-9-17(25)20(28)26-10-18(27)24-16-7-6-12(21)8-14(16)19(26)13-4-2-3-5-15(13)22/h2-9,11,19H,10H2,1H3,(H,24,27). The SMILES string of the molecule is Cn1cncc1C(=O)N1CC(=O)Nc2ccc(Cl)cc2C1c1ccccc1F. The normalized spacial score (nSPS) is 16.3. The Labute approximate surface area is 165 Å². The van der Waals surface area contributed by atoms with Gasteiger partial charge in [-0.2, -0.15) is 0 Å². The summed E-state index contributed by atoms with van der Waals surface area (Å²) in [5.41, 5.74) is 1.60. The molecule has 3 aromatic rings. The summed E-state index contributed by atoms with van der Waals surface area (Å²) in [6.07, 6.45) is 2.91. The van der Waals surface area contributed by atoms with E-state index in [2.05, 4.69) is 10.3 Å². The molecule has 0 saturated heterocycles. The molecule has 4 rings (SSSR count).